The molecule has 1 N–H and O–H groups in total. The lowest BCUT2D eigenvalue weighted by molar-refractivity contribution is -0.110. The summed E-state index contributed by atoms with van der Waals surface area (Å²) >= 11 is 0. The lowest BCUT2D eigenvalue weighted by atomic mass is 9.85. The van der Waals surface area contributed by atoms with Crippen LogP contribution in [-0.4, -0.2) is 0 Å². The van der Waals surface area contributed by atoms with Crippen molar-refractivity contribution in [1.29, 1.82) is 0 Å². The highest BCUT2D eigenvalue weighted by atomic mass is 16.5. The monoisotopic (exact) mass is 271 g/mol. The van der Waals surface area contributed by atoms with Crippen LogP contribution in [0.2, 0.25) is 0 Å². The second-order valence-electron chi connectivity index (χ2n) is 5.34. The molecule has 0 amide bonds. The van der Waals surface area contributed by atoms with E-state index in [9.17, 15) is 0 Å². The van der Waals surface area contributed by atoms with Crippen LogP contribution in [0.25, 0.3) is 0 Å². The van der Waals surface area contributed by atoms with Crippen molar-refractivity contribution in [3.8, 4) is 0 Å². The van der Waals surface area contributed by atoms with E-state index in [2.05, 4.69) is 43.4 Å². The molecule has 0 fully saturated rings. The zero-order valence-electron chi connectivity index (χ0n) is 12.3. The number of benzene rings is 1. The Labute approximate surface area is 119 Å². The van der Waals surface area contributed by atoms with Crippen LogP contribution in [0.1, 0.15) is 50.0 Å². The van der Waals surface area contributed by atoms with Crippen LogP contribution >= 0.6 is 0 Å². The first-order chi connectivity index (χ1) is 9.68. The summed E-state index contributed by atoms with van der Waals surface area (Å²) < 4.78 is 12.1. The maximum absolute atomic E-state index is 6.39. The van der Waals surface area contributed by atoms with Gasteiger partial charge in [0.15, 0.2) is 12.0 Å². The van der Waals surface area contributed by atoms with Crippen LogP contribution in [0, 0.1) is 6.92 Å². The zero-order chi connectivity index (χ0) is 14.2. The molecule has 0 spiro atoms. The van der Waals surface area contributed by atoms with Crippen LogP contribution in [0.15, 0.2) is 40.8 Å². The van der Waals surface area contributed by atoms with Gasteiger partial charge in [-0.05, 0) is 38.0 Å². The van der Waals surface area contributed by atoms with Crippen molar-refractivity contribution < 1.29 is 9.15 Å². The van der Waals surface area contributed by atoms with Gasteiger partial charge in [0.2, 0.25) is 0 Å². The molecular weight excluding hydrogens is 250 g/mol. The molecule has 2 heterocycles. The third-order valence-corrected chi connectivity index (χ3v) is 4.21. The van der Waals surface area contributed by atoms with Gasteiger partial charge >= 0.3 is 0 Å². The van der Waals surface area contributed by atoms with Gasteiger partial charge in [-0.15, -0.1) is 0 Å². The van der Waals surface area contributed by atoms with Crippen molar-refractivity contribution in [2.45, 2.75) is 45.4 Å². The molecular formula is C17H21NO2. The first-order valence-electron chi connectivity index (χ1n) is 7.28. The van der Waals surface area contributed by atoms with Crippen LogP contribution in [0.4, 0.5) is 5.69 Å². The highest BCUT2D eigenvalue weighted by Gasteiger charge is 2.39. The third-order valence-electron chi connectivity index (χ3n) is 4.21. The van der Waals surface area contributed by atoms with Gasteiger partial charge in [-0.3, -0.25) is 0 Å². The number of aryl methyl sites for hydroxylation is 1. The van der Waals surface area contributed by atoms with Crippen molar-refractivity contribution in [2.75, 3.05) is 5.32 Å². The van der Waals surface area contributed by atoms with Crippen LogP contribution < -0.4 is 5.32 Å². The van der Waals surface area contributed by atoms with Gasteiger partial charge in [0.05, 0.1) is 5.60 Å². The Hall–Kier alpha value is -1.74. The minimum Gasteiger partial charge on any atom is -0.462 e. The zero-order valence-corrected chi connectivity index (χ0v) is 12.3. The summed E-state index contributed by atoms with van der Waals surface area (Å²) in [5.74, 6) is 1.74. The molecule has 3 nitrogen and oxygen atoms in total. The van der Waals surface area contributed by atoms with E-state index in [1.807, 2.05) is 19.1 Å². The normalized spacial score (nSPS) is 20.2. The summed E-state index contributed by atoms with van der Waals surface area (Å²) in [4.78, 5) is 0. The molecule has 0 saturated heterocycles. The molecule has 2 aromatic rings. The highest BCUT2D eigenvalue weighted by molar-refractivity contribution is 5.56. The number of fused-ring (bicyclic) bond motifs is 1. The number of rotatable bonds is 3. The van der Waals surface area contributed by atoms with Gasteiger partial charge in [-0.2, -0.15) is 0 Å². The molecule has 1 aromatic heterocycles. The topological polar surface area (TPSA) is 34.4 Å². The summed E-state index contributed by atoms with van der Waals surface area (Å²) in [7, 11) is 0. The summed E-state index contributed by atoms with van der Waals surface area (Å²) in [5, 5.41) is 3.43. The Morgan fingerprint density at radius 1 is 1.10 bits per heavy atom. The van der Waals surface area contributed by atoms with Gasteiger partial charge < -0.3 is 14.5 Å². The average Bonchev–Trinajstić information content (AvgIpc) is 2.92. The fourth-order valence-electron chi connectivity index (χ4n) is 2.99. The molecule has 1 atom stereocenters. The van der Waals surface area contributed by atoms with E-state index >= 15 is 0 Å². The van der Waals surface area contributed by atoms with Crippen molar-refractivity contribution in [3.05, 3.63) is 53.5 Å². The van der Waals surface area contributed by atoms with Crippen molar-refractivity contribution in [1.82, 2.24) is 0 Å². The number of hydrogen-bond acceptors (Lipinski definition) is 3. The summed E-state index contributed by atoms with van der Waals surface area (Å²) in [6.07, 6.45) is 1.66. The average molecular weight is 271 g/mol. The van der Waals surface area contributed by atoms with E-state index in [-0.39, 0.29) is 11.8 Å². The van der Waals surface area contributed by atoms with E-state index < -0.39 is 0 Å². The van der Waals surface area contributed by atoms with E-state index in [0.29, 0.717) is 0 Å². The quantitative estimate of drug-likeness (QED) is 0.875. The lowest BCUT2D eigenvalue weighted by Gasteiger charge is -2.42. The Kier molecular flexibility index (Phi) is 3.30. The Balaban J connectivity index is 2.04. The van der Waals surface area contributed by atoms with Crippen molar-refractivity contribution in [3.63, 3.8) is 0 Å². The standard InChI is InChI=1S/C17H21NO2/c1-4-17(5-2)13-8-6-7-9-14(13)18-16(20-17)15-11-10-12(3)19-15/h6-11,16,18H,4-5H2,1-3H3/t16-/m1/s1. The first-order valence-corrected chi connectivity index (χ1v) is 7.28. The summed E-state index contributed by atoms with van der Waals surface area (Å²) in [6.45, 7) is 6.30. The second kappa shape index (κ2) is 4.98. The number of anilines is 1. The molecule has 1 aromatic carbocycles. The van der Waals surface area contributed by atoms with Gasteiger partial charge in [-0.1, -0.05) is 32.0 Å². The van der Waals surface area contributed by atoms with Crippen LogP contribution in [0.3, 0.4) is 0 Å². The molecule has 0 bridgehead atoms. The largest absolute Gasteiger partial charge is 0.462 e. The predicted molar refractivity (Wildman–Crippen MR) is 79.6 cm³/mol. The maximum atomic E-state index is 6.39. The van der Waals surface area contributed by atoms with Crippen molar-refractivity contribution >= 4 is 5.69 Å². The number of nitrogens with one attached hydrogen (secondary N) is 1. The summed E-state index contributed by atoms with van der Waals surface area (Å²) in [6, 6.07) is 12.3. The van der Waals surface area contributed by atoms with E-state index in [1.165, 1.54) is 5.56 Å². The molecule has 20 heavy (non-hydrogen) atoms. The van der Waals surface area contributed by atoms with Crippen LogP contribution in [-0.2, 0) is 10.3 Å². The minimum absolute atomic E-state index is 0.224. The fourth-order valence-corrected chi connectivity index (χ4v) is 2.99. The Morgan fingerprint density at radius 2 is 1.85 bits per heavy atom. The van der Waals surface area contributed by atoms with Gasteiger partial charge in [-0.25, -0.2) is 0 Å². The molecule has 3 rings (SSSR count). The summed E-state index contributed by atoms with van der Waals surface area (Å²) in [5.41, 5.74) is 2.14. The number of furan rings is 1. The van der Waals surface area contributed by atoms with E-state index in [4.69, 9.17) is 9.15 Å². The highest BCUT2D eigenvalue weighted by Crippen LogP contribution is 2.45. The van der Waals surface area contributed by atoms with Gasteiger partial charge in [0.25, 0.3) is 0 Å². The smallest absolute Gasteiger partial charge is 0.187 e. The molecule has 0 saturated carbocycles. The maximum Gasteiger partial charge on any atom is 0.187 e. The fraction of sp³-hybridized carbons (Fsp3) is 0.412. The number of hydrogen-bond donors (Lipinski definition) is 1. The predicted octanol–water partition coefficient (Wildman–Crippen LogP) is 4.74. The molecule has 0 aliphatic carbocycles. The van der Waals surface area contributed by atoms with Crippen LogP contribution in [0.5, 0.6) is 0 Å². The Morgan fingerprint density at radius 3 is 2.50 bits per heavy atom. The van der Waals surface area contributed by atoms with E-state index in [0.717, 1.165) is 30.0 Å². The molecule has 1 aliphatic rings. The molecule has 0 radical (unpaired) electrons. The lowest BCUT2D eigenvalue weighted by Crippen LogP contribution is -2.37. The first kappa shape index (κ1) is 13.3. The van der Waals surface area contributed by atoms with Gasteiger partial charge in [0, 0.05) is 11.3 Å². The number of ether oxygens (including phenoxy) is 1. The third kappa shape index (κ3) is 2.02. The molecule has 106 valence electrons. The second-order valence-corrected chi connectivity index (χ2v) is 5.34. The van der Waals surface area contributed by atoms with E-state index in [1.54, 1.807) is 0 Å². The van der Waals surface area contributed by atoms with Gasteiger partial charge in [0.1, 0.15) is 5.76 Å². The number of para-hydroxylation sites is 1. The van der Waals surface area contributed by atoms with Crippen molar-refractivity contribution in [2.24, 2.45) is 0 Å². The molecule has 1 aliphatic heterocycles. The molecule has 3 heteroatoms. The Bertz CT molecular complexity index is 599. The molecule has 0 unspecified atom stereocenters. The SMILES string of the molecule is CCC1(CC)O[C@H](c2ccc(C)o2)Nc2ccccc21. The minimum atomic E-state index is -0.243.